The number of aryl methyl sites for hydroxylation is 1. The van der Waals surface area contributed by atoms with Crippen LogP contribution in [0.5, 0.6) is 0 Å². The fourth-order valence-corrected chi connectivity index (χ4v) is 3.94. The average molecular weight is 405 g/mol. The quantitative estimate of drug-likeness (QED) is 0.778. The van der Waals surface area contributed by atoms with Crippen LogP contribution < -0.4 is 10.6 Å². The minimum Gasteiger partial charge on any atom is -0.326 e. The number of carbonyl (C=O) groups is 2. The van der Waals surface area contributed by atoms with Crippen molar-refractivity contribution in [1.29, 1.82) is 0 Å². The minimum absolute atomic E-state index is 0.126. The van der Waals surface area contributed by atoms with Gasteiger partial charge in [-0.1, -0.05) is 0 Å². The molecule has 0 saturated carbocycles. The van der Waals surface area contributed by atoms with Crippen molar-refractivity contribution in [3.05, 3.63) is 42.2 Å². The largest absolute Gasteiger partial charge is 0.326 e. The monoisotopic (exact) mass is 405 g/mol. The van der Waals surface area contributed by atoms with Gasteiger partial charge in [0.15, 0.2) is 5.69 Å². The number of nitrogens with zero attached hydrogens (tertiary/aromatic N) is 3. The van der Waals surface area contributed by atoms with Crippen LogP contribution in [0.3, 0.4) is 0 Å². The van der Waals surface area contributed by atoms with Gasteiger partial charge in [0.25, 0.3) is 5.91 Å². The lowest BCUT2D eigenvalue weighted by Crippen LogP contribution is -2.40. The summed E-state index contributed by atoms with van der Waals surface area (Å²) in [7, 11) is -1.47. The Balaban J connectivity index is 1.53. The zero-order valence-corrected chi connectivity index (χ0v) is 16.6. The maximum atomic E-state index is 12.4. The van der Waals surface area contributed by atoms with E-state index in [0.717, 1.165) is 0 Å². The fourth-order valence-electron chi connectivity index (χ4n) is 3.06. The zero-order valence-electron chi connectivity index (χ0n) is 15.8. The number of carbonyl (C=O) groups excluding carboxylic acids is 2. The molecule has 0 bridgehead atoms. The van der Waals surface area contributed by atoms with Crippen molar-refractivity contribution in [2.75, 3.05) is 30.0 Å². The molecule has 2 N–H and O–H groups in total. The third kappa shape index (κ3) is 4.96. The van der Waals surface area contributed by atoms with Gasteiger partial charge in [0.1, 0.15) is 0 Å². The third-order valence-corrected chi connectivity index (χ3v) is 5.95. The van der Waals surface area contributed by atoms with Crippen molar-refractivity contribution in [1.82, 2.24) is 14.1 Å². The molecule has 1 fully saturated rings. The summed E-state index contributed by atoms with van der Waals surface area (Å²) in [5.74, 6) is -0.657. The summed E-state index contributed by atoms with van der Waals surface area (Å²) in [6.07, 6.45) is 3.86. The molecule has 3 rings (SSSR count). The van der Waals surface area contributed by atoms with E-state index in [-0.39, 0.29) is 17.7 Å². The first-order valence-corrected chi connectivity index (χ1v) is 10.7. The maximum absolute atomic E-state index is 12.4. The molecule has 0 radical (unpaired) electrons. The molecule has 0 spiro atoms. The number of amides is 2. The van der Waals surface area contributed by atoms with E-state index in [1.54, 1.807) is 48.3 Å². The standard InChI is InChI=1S/C18H23N5O4S/c1-22-10-9-16(21-22)18(25)20-15-5-3-14(4-6-15)19-17(24)13-7-11-23(12-8-13)28(2,26)27/h3-6,9-10,13H,7-8,11-12H2,1-2H3,(H,19,24)(H,20,25). The van der Waals surface area contributed by atoms with Gasteiger partial charge >= 0.3 is 0 Å². The van der Waals surface area contributed by atoms with E-state index in [0.29, 0.717) is 43.0 Å². The summed E-state index contributed by atoms with van der Waals surface area (Å²) in [6, 6.07) is 8.43. The van der Waals surface area contributed by atoms with Gasteiger partial charge in [-0.3, -0.25) is 14.3 Å². The second-order valence-electron chi connectivity index (χ2n) is 6.83. The summed E-state index contributed by atoms with van der Waals surface area (Å²) in [5, 5.41) is 9.63. The fraction of sp³-hybridized carbons (Fsp3) is 0.389. The maximum Gasteiger partial charge on any atom is 0.276 e. The Kier molecular flexibility index (Phi) is 5.80. The molecule has 2 heterocycles. The Morgan fingerprint density at radius 2 is 1.61 bits per heavy atom. The first kappa shape index (κ1) is 20.0. The highest BCUT2D eigenvalue weighted by atomic mass is 32.2. The number of benzene rings is 1. The zero-order chi connectivity index (χ0) is 20.3. The van der Waals surface area contributed by atoms with Gasteiger partial charge in [0, 0.05) is 43.6 Å². The summed E-state index contributed by atoms with van der Waals surface area (Å²) in [4.78, 5) is 24.5. The van der Waals surface area contributed by atoms with Crippen LogP contribution in [-0.2, 0) is 21.9 Å². The molecule has 2 aromatic rings. The Morgan fingerprint density at radius 3 is 2.11 bits per heavy atom. The van der Waals surface area contributed by atoms with E-state index in [1.165, 1.54) is 10.6 Å². The number of piperidine rings is 1. The molecule has 28 heavy (non-hydrogen) atoms. The van der Waals surface area contributed by atoms with Gasteiger partial charge in [-0.25, -0.2) is 12.7 Å². The Labute approximate surface area is 163 Å². The average Bonchev–Trinajstić information content (AvgIpc) is 3.09. The molecule has 1 aliphatic heterocycles. The van der Waals surface area contributed by atoms with Gasteiger partial charge in [0.05, 0.1) is 6.26 Å². The van der Waals surface area contributed by atoms with Crippen LogP contribution in [0.2, 0.25) is 0 Å². The van der Waals surface area contributed by atoms with Gasteiger partial charge in [-0.05, 0) is 43.2 Å². The lowest BCUT2D eigenvalue weighted by atomic mass is 9.97. The number of rotatable bonds is 5. The molecule has 9 nitrogen and oxygen atoms in total. The molecule has 1 saturated heterocycles. The number of hydrogen-bond acceptors (Lipinski definition) is 5. The molecule has 0 unspecified atom stereocenters. The van der Waals surface area contributed by atoms with Crippen molar-refractivity contribution in [3.8, 4) is 0 Å². The molecule has 0 aliphatic carbocycles. The second kappa shape index (κ2) is 8.11. The summed E-state index contributed by atoms with van der Waals surface area (Å²) in [6.45, 7) is 0.713. The van der Waals surface area contributed by atoms with Crippen molar-refractivity contribution >= 4 is 33.2 Å². The number of hydrogen-bond donors (Lipinski definition) is 2. The van der Waals surface area contributed by atoms with Crippen LogP contribution in [0.15, 0.2) is 36.5 Å². The Hall–Kier alpha value is -2.72. The number of nitrogens with one attached hydrogen (secondary N) is 2. The first-order valence-electron chi connectivity index (χ1n) is 8.89. The Morgan fingerprint density at radius 1 is 1.04 bits per heavy atom. The molecule has 2 amide bonds. The molecule has 1 aliphatic rings. The first-order chi connectivity index (χ1) is 13.2. The SMILES string of the molecule is Cn1ccc(C(=O)Nc2ccc(NC(=O)C3CCN(S(C)(=O)=O)CC3)cc2)n1. The molecule has 1 aromatic heterocycles. The smallest absolute Gasteiger partial charge is 0.276 e. The van der Waals surface area contributed by atoms with Crippen LogP contribution in [0.4, 0.5) is 11.4 Å². The van der Waals surface area contributed by atoms with Gasteiger partial charge in [-0.15, -0.1) is 0 Å². The summed E-state index contributed by atoms with van der Waals surface area (Å²) in [5.41, 5.74) is 1.53. The Bertz CT molecular complexity index is 960. The number of sulfonamides is 1. The van der Waals surface area contributed by atoms with Crippen LogP contribution in [0.1, 0.15) is 23.3 Å². The van der Waals surface area contributed by atoms with E-state index in [2.05, 4.69) is 15.7 Å². The van der Waals surface area contributed by atoms with Crippen molar-refractivity contribution in [2.45, 2.75) is 12.8 Å². The van der Waals surface area contributed by atoms with E-state index >= 15 is 0 Å². The highest BCUT2D eigenvalue weighted by molar-refractivity contribution is 7.88. The van der Waals surface area contributed by atoms with E-state index in [9.17, 15) is 18.0 Å². The lowest BCUT2D eigenvalue weighted by molar-refractivity contribution is -0.120. The summed E-state index contributed by atoms with van der Waals surface area (Å²) < 4.78 is 26.0. The van der Waals surface area contributed by atoms with Gasteiger partial charge < -0.3 is 10.6 Å². The van der Waals surface area contributed by atoms with Crippen molar-refractivity contribution in [3.63, 3.8) is 0 Å². The highest BCUT2D eigenvalue weighted by Gasteiger charge is 2.28. The predicted molar refractivity (Wildman–Crippen MR) is 105 cm³/mol. The molecule has 10 heteroatoms. The topological polar surface area (TPSA) is 113 Å². The molecular weight excluding hydrogens is 382 g/mol. The van der Waals surface area contributed by atoms with Crippen LogP contribution in [-0.4, -0.2) is 53.7 Å². The molecular formula is C18H23N5O4S. The predicted octanol–water partition coefficient (Wildman–Crippen LogP) is 1.28. The molecule has 150 valence electrons. The van der Waals surface area contributed by atoms with E-state index < -0.39 is 10.0 Å². The minimum atomic E-state index is -3.21. The van der Waals surface area contributed by atoms with Crippen LogP contribution >= 0.6 is 0 Å². The van der Waals surface area contributed by atoms with Gasteiger partial charge in [-0.2, -0.15) is 5.10 Å². The van der Waals surface area contributed by atoms with Crippen LogP contribution in [0.25, 0.3) is 0 Å². The molecule has 0 atom stereocenters. The molecule has 1 aromatic carbocycles. The number of anilines is 2. The van der Waals surface area contributed by atoms with Crippen molar-refractivity contribution < 1.29 is 18.0 Å². The van der Waals surface area contributed by atoms with E-state index in [4.69, 9.17) is 0 Å². The normalized spacial score (nSPS) is 15.9. The lowest BCUT2D eigenvalue weighted by Gasteiger charge is -2.29. The number of aromatic nitrogens is 2. The summed E-state index contributed by atoms with van der Waals surface area (Å²) >= 11 is 0. The second-order valence-corrected chi connectivity index (χ2v) is 8.81. The van der Waals surface area contributed by atoms with E-state index in [1.807, 2.05) is 0 Å². The van der Waals surface area contributed by atoms with Gasteiger partial charge in [0.2, 0.25) is 15.9 Å². The highest BCUT2D eigenvalue weighted by Crippen LogP contribution is 2.22. The third-order valence-electron chi connectivity index (χ3n) is 4.65. The van der Waals surface area contributed by atoms with Crippen molar-refractivity contribution in [2.24, 2.45) is 13.0 Å². The van der Waals surface area contributed by atoms with Crippen LogP contribution in [0, 0.1) is 5.92 Å².